The van der Waals surface area contributed by atoms with E-state index in [0.717, 1.165) is 11.6 Å². The van der Waals surface area contributed by atoms with E-state index in [1.54, 1.807) is 23.7 Å². The van der Waals surface area contributed by atoms with Gasteiger partial charge in [0.1, 0.15) is 29.8 Å². The summed E-state index contributed by atoms with van der Waals surface area (Å²) in [5.41, 5.74) is 9.57. The topological polar surface area (TPSA) is 72.5 Å². The van der Waals surface area contributed by atoms with Crippen molar-refractivity contribution in [2.75, 3.05) is 11.2 Å². The number of nitrogens with zero attached hydrogens (tertiary/aromatic N) is 2. The normalized spacial score (nSPS) is 11.0. The van der Waals surface area contributed by atoms with Crippen LogP contribution in [0.4, 0.5) is 19.7 Å². The highest BCUT2D eigenvalue weighted by atomic mass is 32.1. The van der Waals surface area contributed by atoms with Crippen LogP contribution in [0.3, 0.4) is 0 Å². The Morgan fingerprint density at radius 2 is 1.88 bits per heavy atom. The largest absolute Gasteiger partial charge is 0.489 e. The first kappa shape index (κ1) is 16.8. The maximum atomic E-state index is 13.1. The van der Waals surface area contributed by atoms with Crippen LogP contribution >= 0.6 is 11.3 Å². The standard InChI is InChI=1S/C17H14F2N4OS/c18-13-5-12(6-14(19)7-13)9-24-15-3-1-11(2-4-15)8-21-23-17-22-16(20)10-25-17/h1-8,10H,9,20H2,(H,22,23). The molecule has 2 aromatic carbocycles. The van der Waals surface area contributed by atoms with Crippen LogP contribution in [0.15, 0.2) is 52.9 Å². The molecule has 0 aliphatic rings. The van der Waals surface area contributed by atoms with Gasteiger partial charge in [-0.05, 0) is 47.5 Å². The third-order valence-corrected chi connectivity index (χ3v) is 3.87. The molecule has 3 rings (SSSR count). The Hall–Kier alpha value is -3.00. The molecular weight excluding hydrogens is 346 g/mol. The van der Waals surface area contributed by atoms with Crippen LogP contribution in [0.2, 0.25) is 0 Å². The number of nitrogens with two attached hydrogens (primary N) is 1. The van der Waals surface area contributed by atoms with Gasteiger partial charge in [0.15, 0.2) is 0 Å². The van der Waals surface area contributed by atoms with Crippen molar-refractivity contribution in [3.05, 3.63) is 70.6 Å². The van der Waals surface area contributed by atoms with Crippen molar-refractivity contribution in [2.24, 2.45) is 5.10 Å². The molecule has 5 nitrogen and oxygen atoms in total. The number of aromatic nitrogens is 1. The first-order chi connectivity index (χ1) is 12.1. The van der Waals surface area contributed by atoms with Crippen LogP contribution in [0.1, 0.15) is 11.1 Å². The number of hydrazone groups is 1. The Balaban J connectivity index is 1.54. The number of halogens is 2. The van der Waals surface area contributed by atoms with Gasteiger partial charge in [-0.25, -0.2) is 13.8 Å². The molecule has 128 valence electrons. The predicted octanol–water partition coefficient (Wildman–Crippen LogP) is 4.03. The van der Waals surface area contributed by atoms with Crippen molar-refractivity contribution >= 4 is 28.5 Å². The second kappa shape index (κ2) is 7.71. The van der Waals surface area contributed by atoms with E-state index in [4.69, 9.17) is 10.5 Å². The summed E-state index contributed by atoms with van der Waals surface area (Å²) >= 11 is 1.36. The van der Waals surface area contributed by atoms with Crippen LogP contribution in [-0.4, -0.2) is 11.2 Å². The van der Waals surface area contributed by atoms with E-state index in [1.165, 1.54) is 23.5 Å². The Bertz CT molecular complexity index is 860. The Morgan fingerprint density at radius 1 is 1.16 bits per heavy atom. The van der Waals surface area contributed by atoms with E-state index in [2.05, 4.69) is 15.5 Å². The third-order valence-electron chi connectivity index (χ3n) is 3.10. The minimum absolute atomic E-state index is 0.0785. The Kier molecular flexibility index (Phi) is 5.20. The quantitative estimate of drug-likeness (QED) is 0.514. The number of hydrogen-bond donors (Lipinski definition) is 2. The molecule has 0 saturated heterocycles. The maximum absolute atomic E-state index is 13.1. The van der Waals surface area contributed by atoms with Gasteiger partial charge in [-0.1, -0.05) is 0 Å². The molecule has 0 fully saturated rings. The SMILES string of the molecule is Nc1csc(NN=Cc2ccc(OCc3cc(F)cc(F)c3)cc2)n1. The molecule has 3 N–H and O–H groups in total. The van der Waals surface area contributed by atoms with Crippen molar-refractivity contribution in [3.8, 4) is 5.75 Å². The highest BCUT2D eigenvalue weighted by Crippen LogP contribution is 2.17. The zero-order valence-corrected chi connectivity index (χ0v) is 13.8. The summed E-state index contributed by atoms with van der Waals surface area (Å²) in [4.78, 5) is 4.02. The Labute approximate surface area is 146 Å². The van der Waals surface area contributed by atoms with Gasteiger partial charge in [-0.15, -0.1) is 11.3 Å². The molecule has 0 atom stereocenters. The van der Waals surface area contributed by atoms with E-state index in [0.29, 0.717) is 22.3 Å². The fourth-order valence-corrected chi connectivity index (χ4v) is 2.56. The zero-order valence-electron chi connectivity index (χ0n) is 12.9. The number of nitrogens with one attached hydrogen (secondary N) is 1. The molecule has 3 aromatic rings. The minimum Gasteiger partial charge on any atom is -0.489 e. The predicted molar refractivity (Wildman–Crippen MR) is 94.9 cm³/mol. The fraction of sp³-hybridized carbons (Fsp3) is 0.0588. The molecule has 8 heteroatoms. The average Bonchev–Trinajstić information content (AvgIpc) is 2.99. The minimum atomic E-state index is -0.625. The zero-order chi connectivity index (χ0) is 17.6. The van der Waals surface area contributed by atoms with Gasteiger partial charge in [0.25, 0.3) is 0 Å². The van der Waals surface area contributed by atoms with E-state index < -0.39 is 11.6 Å². The molecule has 0 amide bonds. The summed E-state index contributed by atoms with van der Waals surface area (Å²) in [5.74, 6) is -0.218. The summed E-state index contributed by atoms with van der Waals surface area (Å²) in [6.45, 7) is 0.0785. The first-order valence-corrected chi connectivity index (χ1v) is 8.14. The van der Waals surface area contributed by atoms with Crippen molar-refractivity contribution in [1.82, 2.24) is 4.98 Å². The second-order valence-corrected chi connectivity index (χ2v) is 5.94. The number of hydrogen-bond acceptors (Lipinski definition) is 6. The van der Waals surface area contributed by atoms with Gasteiger partial charge >= 0.3 is 0 Å². The Morgan fingerprint density at radius 3 is 2.52 bits per heavy atom. The molecule has 1 heterocycles. The van der Waals surface area contributed by atoms with Gasteiger partial charge in [-0.2, -0.15) is 5.10 Å². The van der Waals surface area contributed by atoms with Gasteiger partial charge < -0.3 is 10.5 Å². The van der Waals surface area contributed by atoms with Crippen molar-refractivity contribution in [1.29, 1.82) is 0 Å². The fourth-order valence-electron chi connectivity index (χ4n) is 2.01. The number of anilines is 2. The van der Waals surface area contributed by atoms with Crippen LogP contribution in [-0.2, 0) is 6.61 Å². The highest BCUT2D eigenvalue weighted by molar-refractivity contribution is 7.14. The average molecular weight is 360 g/mol. The summed E-state index contributed by atoms with van der Waals surface area (Å²) in [5, 5.41) is 6.39. The van der Waals surface area contributed by atoms with Crippen LogP contribution in [0.5, 0.6) is 5.75 Å². The lowest BCUT2D eigenvalue weighted by Crippen LogP contribution is -1.97. The monoisotopic (exact) mass is 360 g/mol. The lowest BCUT2D eigenvalue weighted by Gasteiger charge is -2.07. The molecule has 0 bridgehead atoms. The van der Waals surface area contributed by atoms with E-state index in [1.807, 2.05) is 12.1 Å². The number of benzene rings is 2. The maximum Gasteiger partial charge on any atom is 0.205 e. The summed E-state index contributed by atoms with van der Waals surface area (Å²) < 4.78 is 31.8. The molecule has 25 heavy (non-hydrogen) atoms. The lowest BCUT2D eigenvalue weighted by atomic mass is 10.2. The van der Waals surface area contributed by atoms with Gasteiger partial charge in [-0.3, -0.25) is 5.43 Å². The summed E-state index contributed by atoms with van der Waals surface area (Å²) in [6.07, 6.45) is 1.63. The van der Waals surface area contributed by atoms with Crippen molar-refractivity contribution in [2.45, 2.75) is 6.61 Å². The van der Waals surface area contributed by atoms with Crippen molar-refractivity contribution < 1.29 is 13.5 Å². The molecule has 0 saturated carbocycles. The van der Waals surface area contributed by atoms with E-state index in [-0.39, 0.29) is 6.61 Å². The first-order valence-electron chi connectivity index (χ1n) is 7.26. The van der Waals surface area contributed by atoms with Gasteiger partial charge in [0.2, 0.25) is 5.13 Å². The number of nitrogen functional groups attached to an aromatic ring is 1. The van der Waals surface area contributed by atoms with Gasteiger partial charge in [0, 0.05) is 11.4 Å². The summed E-state index contributed by atoms with van der Waals surface area (Å²) in [7, 11) is 0. The van der Waals surface area contributed by atoms with Gasteiger partial charge in [0.05, 0.1) is 6.21 Å². The molecule has 0 aliphatic carbocycles. The lowest BCUT2D eigenvalue weighted by molar-refractivity contribution is 0.305. The summed E-state index contributed by atoms with van der Waals surface area (Å²) in [6, 6.07) is 10.4. The molecule has 0 aliphatic heterocycles. The van der Waals surface area contributed by atoms with Crippen LogP contribution < -0.4 is 15.9 Å². The molecule has 0 spiro atoms. The number of rotatable bonds is 6. The molecule has 0 unspecified atom stereocenters. The smallest absolute Gasteiger partial charge is 0.205 e. The van der Waals surface area contributed by atoms with E-state index >= 15 is 0 Å². The second-order valence-electron chi connectivity index (χ2n) is 5.08. The molecule has 0 radical (unpaired) electrons. The van der Waals surface area contributed by atoms with Crippen LogP contribution in [0.25, 0.3) is 0 Å². The highest BCUT2D eigenvalue weighted by Gasteiger charge is 2.02. The van der Waals surface area contributed by atoms with E-state index in [9.17, 15) is 8.78 Å². The molecular formula is C17H14F2N4OS. The van der Waals surface area contributed by atoms with Crippen LogP contribution in [0, 0.1) is 11.6 Å². The molecule has 1 aromatic heterocycles. The van der Waals surface area contributed by atoms with Crippen molar-refractivity contribution in [3.63, 3.8) is 0 Å². The third kappa shape index (κ3) is 4.98. The number of ether oxygens (including phenoxy) is 1. The number of thiazole rings is 1.